The molecule has 302 valence electrons. The van der Waals surface area contributed by atoms with Crippen LogP contribution in [0.1, 0.15) is 38.5 Å². The fourth-order valence-corrected chi connectivity index (χ4v) is 15.7. The number of hydrogen-bond donors (Lipinski definition) is 0. The van der Waals surface area contributed by atoms with E-state index >= 15 is 4.57 Å². The Hall–Kier alpha value is 8.75. The molecule has 0 rings (SSSR count). The highest BCUT2D eigenvalue weighted by atomic mass is 79.9. The van der Waals surface area contributed by atoms with Gasteiger partial charge in [0.15, 0.2) is 0 Å². The monoisotopic (exact) mass is 1880 g/mol. The van der Waals surface area contributed by atoms with Gasteiger partial charge in [0.2, 0.25) is 0 Å². The zero-order valence-electron chi connectivity index (χ0n) is 26.2. The molecule has 0 saturated heterocycles. The molecule has 0 spiro atoms. The van der Waals surface area contributed by atoms with Crippen molar-refractivity contribution in [1.29, 1.82) is 0 Å². The van der Waals surface area contributed by atoms with Crippen molar-refractivity contribution in [2.24, 2.45) is 0 Å². The van der Waals surface area contributed by atoms with Crippen molar-refractivity contribution in [3.05, 3.63) is 0 Å². The lowest BCUT2D eigenvalue weighted by atomic mass is 9.90. The Morgan fingerprint density at radius 3 is 0.620 bits per heavy atom. The van der Waals surface area contributed by atoms with Crippen LogP contribution in [0.4, 0.5) is 0 Å². The van der Waals surface area contributed by atoms with Crippen molar-refractivity contribution in [2.45, 2.75) is 98.8 Å². The van der Waals surface area contributed by atoms with E-state index in [0.29, 0.717) is 86.5 Å². The second-order valence-electron chi connectivity index (χ2n) is 11.5. The van der Waals surface area contributed by atoms with Crippen molar-refractivity contribution in [3.8, 4) is 0 Å². The van der Waals surface area contributed by atoms with E-state index in [9.17, 15) is 0 Å². The molecule has 0 aromatic heterocycles. The molecule has 0 bridgehead atoms. The summed E-state index contributed by atoms with van der Waals surface area (Å²) in [7, 11) is -4.55. The lowest BCUT2D eigenvalue weighted by Crippen LogP contribution is -2.52. The van der Waals surface area contributed by atoms with E-state index in [-0.39, 0.29) is 43.4 Å². The predicted octanol–water partition coefficient (Wildman–Crippen LogP) is 17.1. The second kappa shape index (κ2) is 30.8. The highest BCUT2D eigenvalue weighted by Crippen LogP contribution is 2.65. The minimum atomic E-state index is -4.55. The molecule has 0 aromatic carbocycles. The van der Waals surface area contributed by atoms with Crippen molar-refractivity contribution in [1.82, 2.24) is 0 Å². The Labute approximate surface area is 451 Å². The second-order valence-corrected chi connectivity index (χ2v) is 29.9. The molecule has 0 aliphatic rings. The van der Waals surface area contributed by atoms with E-state index in [4.69, 9.17) is 13.6 Å². The van der Waals surface area contributed by atoms with Gasteiger partial charge in [-0.15, -0.1) is 0 Å². The molecule has 0 aromatic rings. The first kappa shape index (κ1) is 58.8. The quantitative estimate of drug-likeness (QED) is 0.0531. The van der Waals surface area contributed by atoms with Gasteiger partial charge in [0.05, 0.1) is 31.3 Å². The summed E-state index contributed by atoms with van der Waals surface area (Å²) >= 11 is 68.1. The van der Waals surface area contributed by atoms with E-state index in [1.54, 1.807) is 0 Å². The van der Waals surface area contributed by atoms with Gasteiger partial charge in [-0.1, -0.05) is 287 Å². The van der Waals surface area contributed by atoms with E-state index in [1.165, 1.54) is 0 Å². The molecule has 23 heteroatoms. The Bertz CT molecular complexity index is 812. The summed E-state index contributed by atoms with van der Waals surface area (Å²) < 4.78 is 38.1. The number of halogens is 18. The molecule has 50 heavy (non-hydrogen) atoms. The minimum absolute atomic E-state index is 0.0150. The Balaban J connectivity index is 8.27. The SMILES string of the molecule is O=P(OC(CC(Br)CBr)(CC(Br)CBr)C(Br)CBr)(OC(CC(Br)CBr)(CC(Br)CBr)C(Br)CBr)OC(CC(Br)CBr)(CC(Br)CBr)C(Br)CBr. The van der Waals surface area contributed by atoms with Crippen molar-refractivity contribution >= 4 is 295 Å². The summed E-state index contributed by atoms with van der Waals surface area (Å²) in [5.41, 5.74) is -3.11. The van der Waals surface area contributed by atoms with E-state index in [1.807, 2.05) is 0 Å². The van der Waals surface area contributed by atoms with Crippen LogP contribution in [0.5, 0.6) is 0 Å². The maximum atomic E-state index is 16.4. The van der Waals surface area contributed by atoms with E-state index in [0.717, 1.165) is 0 Å². The maximum Gasteiger partial charge on any atom is 0.476 e. The number of phosphoric ester groups is 1. The first-order valence-corrected chi connectivity index (χ1v) is 34.6. The molecular weight excluding hydrogens is 1860 g/mol. The summed E-state index contributed by atoms with van der Waals surface area (Å²) in [5.74, 6) is 0. The normalized spacial score (nSPS) is 22.8. The summed E-state index contributed by atoms with van der Waals surface area (Å²) in [5, 5.41) is 5.50. The van der Waals surface area contributed by atoms with Crippen LogP contribution in [-0.2, 0) is 18.1 Å². The zero-order valence-corrected chi connectivity index (χ0v) is 55.6. The summed E-state index contributed by atoms with van der Waals surface area (Å²) in [6, 6.07) is 0. The molecule has 9 unspecified atom stereocenters. The van der Waals surface area contributed by atoms with Crippen LogP contribution in [0, 0.1) is 0 Å². The van der Waals surface area contributed by atoms with Gasteiger partial charge in [0, 0.05) is 76.9 Å². The first-order chi connectivity index (χ1) is 23.3. The molecule has 0 heterocycles. The first-order valence-electron chi connectivity index (χ1n) is 14.8. The molecule has 0 amide bonds. The third-order valence-corrected chi connectivity index (χ3v) is 31.0. The third kappa shape index (κ3) is 20.5. The van der Waals surface area contributed by atoms with Crippen LogP contribution in [0.3, 0.4) is 0 Å². The number of phosphoric acid groups is 1. The summed E-state index contributed by atoms with van der Waals surface area (Å²) in [4.78, 5) is -0.923. The highest BCUT2D eigenvalue weighted by Gasteiger charge is 2.57. The summed E-state index contributed by atoms with van der Waals surface area (Å²) in [6.07, 6.45) is 2.96. The van der Waals surface area contributed by atoms with E-state index in [2.05, 4.69) is 287 Å². The molecular formula is C27H39Br18O4P. The highest BCUT2D eigenvalue weighted by molar-refractivity contribution is 9.14. The topological polar surface area (TPSA) is 44.8 Å². The minimum Gasteiger partial charge on any atom is -0.279 e. The van der Waals surface area contributed by atoms with Crippen LogP contribution in [0.2, 0.25) is 0 Å². The fraction of sp³-hybridized carbons (Fsp3) is 1.00. The van der Waals surface area contributed by atoms with Crippen LogP contribution < -0.4 is 0 Å². The smallest absolute Gasteiger partial charge is 0.279 e. The molecule has 4 nitrogen and oxygen atoms in total. The van der Waals surface area contributed by atoms with Crippen LogP contribution in [-0.4, -0.2) is 108 Å². The molecule has 0 aliphatic heterocycles. The molecule has 0 N–H and O–H groups in total. The average Bonchev–Trinajstić information content (AvgIpc) is 3.09. The van der Waals surface area contributed by atoms with Crippen molar-refractivity contribution < 1.29 is 18.1 Å². The standard InChI is InChI=1S/C27H39Br18O4P/c28-7-16(37)1-25(22(43)13-34,2-17(38)8-29)47-50(46,48-26(23(44)14-35,3-18(39)9-30)4-19(40)10-31)49-27(24(45)15-36,5-20(41)11-32)6-21(42)12-33/h16-24H,1-15H2. The maximum absolute atomic E-state index is 16.4. The largest absolute Gasteiger partial charge is 0.476 e. The molecule has 9 atom stereocenters. The third-order valence-electron chi connectivity index (χ3n) is 7.41. The number of hydrogen-bond acceptors (Lipinski definition) is 4. The van der Waals surface area contributed by atoms with Crippen LogP contribution >= 0.6 is 295 Å². The zero-order chi connectivity index (χ0) is 38.9. The van der Waals surface area contributed by atoms with Gasteiger partial charge < -0.3 is 0 Å². The fourth-order valence-electron chi connectivity index (χ4n) is 5.13. The number of alkyl halides is 18. The lowest BCUT2D eigenvalue weighted by molar-refractivity contribution is -0.0752. The Morgan fingerprint density at radius 1 is 0.340 bits per heavy atom. The van der Waals surface area contributed by atoms with Crippen LogP contribution in [0.25, 0.3) is 0 Å². The molecule has 0 saturated carbocycles. The van der Waals surface area contributed by atoms with Gasteiger partial charge in [-0.2, -0.15) is 0 Å². The molecule has 0 aliphatic carbocycles. The van der Waals surface area contributed by atoms with Crippen molar-refractivity contribution in [3.63, 3.8) is 0 Å². The van der Waals surface area contributed by atoms with Gasteiger partial charge in [0.1, 0.15) is 0 Å². The molecule has 0 radical (unpaired) electrons. The predicted molar refractivity (Wildman–Crippen MR) is 285 cm³/mol. The van der Waals surface area contributed by atoms with Crippen molar-refractivity contribution in [2.75, 3.05) is 48.0 Å². The van der Waals surface area contributed by atoms with E-state index < -0.39 is 24.6 Å². The van der Waals surface area contributed by atoms with Gasteiger partial charge in [0.25, 0.3) is 0 Å². The van der Waals surface area contributed by atoms with Gasteiger partial charge in [-0.3, -0.25) is 13.6 Å². The average molecular weight is 1900 g/mol. The van der Waals surface area contributed by atoms with Gasteiger partial charge in [-0.05, 0) is 38.5 Å². The van der Waals surface area contributed by atoms with Gasteiger partial charge >= 0.3 is 7.82 Å². The van der Waals surface area contributed by atoms with Crippen LogP contribution in [0.15, 0.2) is 0 Å². The number of rotatable bonds is 30. The lowest BCUT2D eigenvalue weighted by Gasteiger charge is -2.48. The Kier molecular flexibility index (Phi) is 36.2. The van der Waals surface area contributed by atoms with Gasteiger partial charge in [-0.25, -0.2) is 4.57 Å². The summed E-state index contributed by atoms with van der Waals surface area (Å²) in [6.45, 7) is 0. The molecule has 0 fully saturated rings. The Morgan fingerprint density at radius 2 is 0.500 bits per heavy atom.